The standard InChI is InChI=1S/C24H50O10Si/c1-24(2,3)34-23(25)7-8-26-9-10-27-11-12-28-13-14-29-15-16-30-17-18-31-19-20-32-21-22-33-35(4,5)6/h7-22H2,1-6H3. The van der Waals surface area contributed by atoms with Crippen LogP contribution in [0.2, 0.25) is 19.6 Å². The molecule has 0 bridgehead atoms. The Bertz CT molecular complexity index is 480. The maximum absolute atomic E-state index is 11.5. The SMILES string of the molecule is CC(C)(C)OC(=O)CCOCCOCCOCCOCCOCCOCCOCCO[Si](C)(C)C. The van der Waals surface area contributed by atoms with Crippen molar-refractivity contribution < 1.29 is 47.1 Å². The first kappa shape index (κ1) is 34.4. The maximum Gasteiger partial charge on any atom is 0.308 e. The number of carbonyl (C=O) groups excluding carboxylic acids is 1. The molecule has 0 aromatic heterocycles. The predicted molar refractivity (Wildman–Crippen MR) is 135 cm³/mol. The number of esters is 1. The summed E-state index contributed by atoms with van der Waals surface area (Å²) in [4.78, 5) is 11.5. The summed E-state index contributed by atoms with van der Waals surface area (Å²) in [6.45, 7) is 19.6. The van der Waals surface area contributed by atoms with Crippen molar-refractivity contribution in [3.8, 4) is 0 Å². The fourth-order valence-corrected chi connectivity index (χ4v) is 3.07. The van der Waals surface area contributed by atoms with E-state index >= 15 is 0 Å². The van der Waals surface area contributed by atoms with Gasteiger partial charge in [-0.2, -0.15) is 0 Å². The summed E-state index contributed by atoms with van der Waals surface area (Å²) in [5.74, 6) is -0.259. The van der Waals surface area contributed by atoms with Crippen molar-refractivity contribution in [3.63, 3.8) is 0 Å². The van der Waals surface area contributed by atoms with Gasteiger partial charge in [-0.15, -0.1) is 0 Å². The van der Waals surface area contributed by atoms with Crippen LogP contribution in [-0.4, -0.2) is 119 Å². The molecule has 0 spiro atoms. The Balaban J connectivity index is 3.13. The zero-order chi connectivity index (χ0) is 26.3. The molecular formula is C24H50O10Si. The Morgan fingerprint density at radius 2 is 0.800 bits per heavy atom. The normalized spacial score (nSPS) is 12.3. The van der Waals surface area contributed by atoms with Gasteiger partial charge in [-0.3, -0.25) is 4.79 Å². The Kier molecular flexibility index (Phi) is 22.1. The third-order valence-electron chi connectivity index (χ3n) is 3.87. The molecule has 0 N–H and O–H groups in total. The number of hydrogen-bond donors (Lipinski definition) is 0. The van der Waals surface area contributed by atoms with E-state index in [-0.39, 0.29) is 12.4 Å². The smallest absolute Gasteiger partial charge is 0.308 e. The third kappa shape index (κ3) is 31.3. The molecule has 0 aromatic carbocycles. The lowest BCUT2D eigenvalue weighted by Gasteiger charge is -2.19. The molecule has 0 aliphatic carbocycles. The van der Waals surface area contributed by atoms with Gasteiger partial charge in [0.05, 0.1) is 106 Å². The van der Waals surface area contributed by atoms with Crippen molar-refractivity contribution in [2.24, 2.45) is 0 Å². The quantitative estimate of drug-likeness (QED) is 0.100. The highest BCUT2D eigenvalue weighted by molar-refractivity contribution is 6.69. The molecule has 0 unspecified atom stereocenters. The van der Waals surface area contributed by atoms with Crippen LogP contribution in [0.25, 0.3) is 0 Å². The molecule has 0 heterocycles. The largest absolute Gasteiger partial charge is 0.460 e. The molecule has 0 radical (unpaired) electrons. The van der Waals surface area contributed by atoms with Gasteiger partial charge >= 0.3 is 5.97 Å². The summed E-state index contributed by atoms with van der Waals surface area (Å²) in [7, 11) is -1.45. The first-order chi connectivity index (χ1) is 16.6. The van der Waals surface area contributed by atoms with E-state index in [1.807, 2.05) is 20.8 Å². The van der Waals surface area contributed by atoms with Gasteiger partial charge in [0.1, 0.15) is 5.60 Å². The molecule has 11 heteroatoms. The Morgan fingerprint density at radius 3 is 1.09 bits per heavy atom. The van der Waals surface area contributed by atoms with E-state index in [9.17, 15) is 4.79 Å². The molecule has 0 saturated heterocycles. The highest BCUT2D eigenvalue weighted by Crippen LogP contribution is 2.08. The van der Waals surface area contributed by atoms with E-state index in [0.717, 1.165) is 0 Å². The van der Waals surface area contributed by atoms with Crippen molar-refractivity contribution >= 4 is 14.3 Å². The van der Waals surface area contributed by atoms with E-state index in [0.29, 0.717) is 99.1 Å². The lowest BCUT2D eigenvalue weighted by molar-refractivity contribution is -0.156. The molecule has 35 heavy (non-hydrogen) atoms. The molecule has 10 nitrogen and oxygen atoms in total. The van der Waals surface area contributed by atoms with Gasteiger partial charge in [-0.25, -0.2) is 0 Å². The zero-order valence-electron chi connectivity index (χ0n) is 22.9. The van der Waals surface area contributed by atoms with Crippen LogP contribution in [0.15, 0.2) is 0 Å². The summed E-state index contributed by atoms with van der Waals surface area (Å²) in [6.07, 6.45) is 0.240. The van der Waals surface area contributed by atoms with E-state index < -0.39 is 13.9 Å². The van der Waals surface area contributed by atoms with Gasteiger partial charge < -0.3 is 42.3 Å². The van der Waals surface area contributed by atoms with Crippen molar-refractivity contribution in [2.45, 2.75) is 52.4 Å². The molecule has 0 amide bonds. The second-order valence-electron chi connectivity index (χ2n) is 9.58. The molecule has 0 rings (SSSR count). The van der Waals surface area contributed by atoms with Crippen molar-refractivity contribution in [1.82, 2.24) is 0 Å². The summed E-state index contributed by atoms with van der Waals surface area (Å²) >= 11 is 0. The van der Waals surface area contributed by atoms with Crippen LogP contribution in [-0.2, 0) is 47.1 Å². The van der Waals surface area contributed by atoms with Crippen LogP contribution in [0.5, 0.6) is 0 Å². The van der Waals surface area contributed by atoms with E-state index in [2.05, 4.69) is 19.6 Å². The first-order valence-electron chi connectivity index (χ1n) is 12.5. The third-order valence-corrected chi connectivity index (χ3v) is 4.94. The van der Waals surface area contributed by atoms with Gasteiger partial charge in [-0.05, 0) is 40.4 Å². The average molecular weight is 527 g/mol. The molecule has 0 fully saturated rings. The molecule has 0 atom stereocenters. The van der Waals surface area contributed by atoms with E-state index in [1.54, 1.807) is 0 Å². The molecule has 0 aromatic rings. The average Bonchev–Trinajstić information content (AvgIpc) is 2.74. The molecule has 210 valence electrons. The maximum atomic E-state index is 11.5. The Labute approximate surface area is 213 Å². The van der Waals surface area contributed by atoms with E-state index in [1.165, 1.54) is 0 Å². The van der Waals surface area contributed by atoms with Crippen LogP contribution in [0.1, 0.15) is 27.2 Å². The Hall–Kier alpha value is -0.633. The first-order valence-corrected chi connectivity index (χ1v) is 15.9. The summed E-state index contributed by atoms with van der Waals surface area (Å²) in [5, 5.41) is 0. The van der Waals surface area contributed by atoms with Crippen molar-refractivity contribution in [2.75, 3.05) is 99.1 Å². The summed E-state index contributed by atoms with van der Waals surface area (Å²) in [6, 6.07) is 0. The van der Waals surface area contributed by atoms with Crippen LogP contribution in [0, 0.1) is 0 Å². The van der Waals surface area contributed by atoms with Crippen LogP contribution in [0.3, 0.4) is 0 Å². The number of carbonyl (C=O) groups is 1. The fourth-order valence-electron chi connectivity index (χ4n) is 2.38. The van der Waals surface area contributed by atoms with Crippen LogP contribution in [0.4, 0.5) is 0 Å². The van der Waals surface area contributed by atoms with E-state index in [4.69, 9.17) is 42.3 Å². The van der Waals surface area contributed by atoms with Gasteiger partial charge in [0, 0.05) is 0 Å². The van der Waals surface area contributed by atoms with Gasteiger partial charge in [0.15, 0.2) is 8.32 Å². The van der Waals surface area contributed by atoms with Crippen molar-refractivity contribution in [3.05, 3.63) is 0 Å². The fraction of sp³-hybridized carbons (Fsp3) is 0.958. The molecule has 0 aliphatic heterocycles. The summed E-state index contributed by atoms with van der Waals surface area (Å²) in [5.41, 5.74) is -0.464. The zero-order valence-corrected chi connectivity index (χ0v) is 23.9. The van der Waals surface area contributed by atoms with Crippen molar-refractivity contribution in [1.29, 1.82) is 0 Å². The van der Waals surface area contributed by atoms with Crippen LogP contribution < -0.4 is 0 Å². The highest BCUT2D eigenvalue weighted by Gasteiger charge is 2.15. The van der Waals surface area contributed by atoms with Gasteiger partial charge in [-0.1, -0.05) is 0 Å². The minimum absolute atomic E-state index is 0.240. The number of rotatable bonds is 25. The Morgan fingerprint density at radius 1 is 0.514 bits per heavy atom. The second kappa shape index (κ2) is 22.6. The molecule has 0 aliphatic rings. The van der Waals surface area contributed by atoms with Gasteiger partial charge in [0.2, 0.25) is 0 Å². The number of ether oxygens (including phenoxy) is 8. The summed E-state index contributed by atoms with van der Waals surface area (Å²) < 4.78 is 48.9. The molecule has 0 saturated carbocycles. The second-order valence-corrected chi connectivity index (χ2v) is 14.1. The monoisotopic (exact) mass is 526 g/mol. The number of hydrogen-bond acceptors (Lipinski definition) is 10. The lowest BCUT2D eigenvalue weighted by Crippen LogP contribution is -2.27. The van der Waals surface area contributed by atoms with Crippen LogP contribution >= 0.6 is 0 Å². The highest BCUT2D eigenvalue weighted by atomic mass is 28.4. The van der Waals surface area contributed by atoms with Gasteiger partial charge in [0.25, 0.3) is 0 Å². The minimum atomic E-state index is -1.45. The molecular weight excluding hydrogens is 476 g/mol. The predicted octanol–water partition coefficient (Wildman–Crippen LogP) is 2.69. The topological polar surface area (TPSA) is 100 Å². The lowest BCUT2D eigenvalue weighted by atomic mass is 10.2. The minimum Gasteiger partial charge on any atom is -0.460 e.